The van der Waals surface area contributed by atoms with Gasteiger partial charge in [-0.05, 0) is 30.3 Å². The van der Waals surface area contributed by atoms with E-state index in [1.54, 1.807) is 24.4 Å². The normalized spacial score (nSPS) is 10.1. The van der Waals surface area contributed by atoms with E-state index in [1.807, 2.05) is 18.2 Å². The number of hydrogen-bond acceptors (Lipinski definition) is 2. The first kappa shape index (κ1) is 14.6. The summed E-state index contributed by atoms with van der Waals surface area (Å²) in [6, 6.07) is 10.3. The van der Waals surface area contributed by atoms with Gasteiger partial charge in [-0.25, -0.2) is 4.79 Å². The Bertz CT molecular complexity index is 590. The number of amides is 2. The molecule has 0 fully saturated rings. The van der Waals surface area contributed by atoms with Gasteiger partial charge in [-0.15, -0.1) is 0 Å². The lowest BCUT2D eigenvalue weighted by Crippen LogP contribution is -2.30. The Labute approximate surface area is 127 Å². The molecule has 104 valence electrons. The summed E-state index contributed by atoms with van der Waals surface area (Å²) in [7, 11) is 0. The summed E-state index contributed by atoms with van der Waals surface area (Å²) in [4.78, 5) is 15.9. The van der Waals surface area contributed by atoms with Gasteiger partial charge in [-0.2, -0.15) is 0 Å². The van der Waals surface area contributed by atoms with Crippen molar-refractivity contribution in [3.63, 3.8) is 0 Å². The molecule has 1 heterocycles. The minimum Gasteiger partial charge on any atom is -0.337 e. The van der Waals surface area contributed by atoms with E-state index in [2.05, 4.69) is 15.6 Å². The fourth-order valence-electron chi connectivity index (χ4n) is 1.61. The van der Waals surface area contributed by atoms with Gasteiger partial charge in [0.2, 0.25) is 0 Å². The molecule has 1 aromatic heterocycles. The first-order valence-corrected chi connectivity index (χ1v) is 6.80. The molecule has 0 unspecified atom stereocenters. The largest absolute Gasteiger partial charge is 0.337 e. The number of aromatic nitrogens is 1. The van der Waals surface area contributed by atoms with Crippen LogP contribution in [0.5, 0.6) is 0 Å². The number of nitrogens with zero attached hydrogens (tertiary/aromatic N) is 1. The van der Waals surface area contributed by atoms with Gasteiger partial charge in [0.1, 0.15) is 0 Å². The lowest BCUT2D eigenvalue weighted by molar-refractivity contribution is 0.252. The molecule has 6 heteroatoms. The highest BCUT2D eigenvalue weighted by Crippen LogP contribution is 2.25. The van der Waals surface area contributed by atoms with E-state index in [9.17, 15) is 4.79 Å². The molecule has 0 saturated heterocycles. The molecule has 4 nitrogen and oxygen atoms in total. The second kappa shape index (κ2) is 7.12. The Morgan fingerprint density at radius 3 is 2.75 bits per heavy atom. The van der Waals surface area contributed by atoms with Crippen molar-refractivity contribution in [3.05, 3.63) is 58.3 Å². The Morgan fingerprint density at radius 1 is 1.20 bits per heavy atom. The van der Waals surface area contributed by atoms with Crippen LogP contribution in [0.25, 0.3) is 0 Å². The minimum absolute atomic E-state index is 0.315. The molecule has 2 amide bonds. The highest BCUT2D eigenvalue weighted by atomic mass is 35.5. The zero-order chi connectivity index (χ0) is 14.4. The molecule has 1 aromatic carbocycles. The number of benzene rings is 1. The smallest absolute Gasteiger partial charge is 0.319 e. The van der Waals surface area contributed by atoms with Gasteiger partial charge in [0.05, 0.1) is 10.7 Å². The number of hydrogen-bond donors (Lipinski definition) is 2. The molecule has 2 N–H and O–H groups in total. The number of carbonyl (C=O) groups is 1. The van der Waals surface area contributed by atoms with Gasteiger partial charge in [-0.3, -0.25) is 4.98 Å². The zero-order valence-electron chi connectivity index (χ0n) is 10.6. The first-order chi connectivity index (χ1) is 9.65. The van der Waals surface area contributed by atoms with Crippen molar-refractivity contribution in [2.45, 2.75) is 6.42 Å². The number of rotatable bonds is 4. The van der Waals surface area contributed by atoms with Crippen LogP contribution in [0.4, 0.5) is 10.5 Å². The Hall–Kier alpha value is -1.78. The Morgan fingerprint density at radius 2 is 2.05 bits per heavy atom. The lowest BCUT2D eigenvalue weighted by atomic mass is 10.3. The molecule has 0 bridgehead atoms. The van der Waals surface area contributed by atoms with Crippen LogP contribution in [0.15, 0.2) is 42.6 Å². The zero-order valence-corrected chi connectivity index (χ0v) is 12.1. The summed E-state index contributed by atoms with van der Waals surface area (Å²) >= 11 is 11.8. The first-order valence-electron chi connectivity index (χ1n) is 6.05. The molecule has 2 aromatic rings. The second-order valence-electron chi connectivity index (χ2n) is 4.08. The van der Waals surface area contributed by atoms with Crippen LogP contribution in [0.2, 0.25) is 10.0 Å². The monoisotopic (exact) mass is 309 g/mol. The van der Waals surface area contributed by atoms with E-state index < -0.39 is 0 Å². The molecule has 0 aliphatic heterocycles. The summed E-state index contributed by atoms with van der Waals surface area (Å²) in [5, 5.41) is 6.33. The van der Waals surface area contributed by atoms with Gasteiger partial charge in [0.25, 0.3) is 0 Å². The van der Waals surface area contributed by atoms with Gasteiger partial charge >= 0.3 is 6.03 Å². The van der Waals surface area contributed by atoms with Crippen molar-refractivity contribution in [1.29, 1.82) is 0 Å². The average Bonchev–Trinajstić information content (AvgIpc) is 2.43. The van der Waals surface area contributed by atoms with E-state index in [-0.39, 0.29) is 6.03 Å². The maximum absolute atomic E-state index is 11.7. The predicted octanol–water partition coefficient (Wildman–Crippen LogP) is 3.75. The molecule has 0 saturated carbocycles. The van der Waals surface area contributed by atoms with Crippen molar-refractivity contribution >= 4 is 34.9 Å². The third-order valence-electron chi connectivity index (χ3n) is 2.57. The van der Waals surface area contributed by atoms with Crippen molar-refractivity contribution < 1.29 is 4.79 Å². The highest BCUT2D eigenvalue weighted by Gasteiger charge is 2.05. The van der Waals surface area contributed by atoms with Crippen LogP contribution in [-0.4, -0.2) is 17.6 Å². The number of urea groups is 1. The second-order valence-corrected chi connectivity index (χ2v) is 4.92. The topological polar surface area (TPSA) is 54.0 Å². The molecule has 2 rings (SSSR count). The standard InChI is InChI=1S/C14H13Cl2N3O/c15-10-4-5-13(12(16)9-10)19-14(20)18-8-6-11-3-1-2-7-17-11/h1-5,7,9H,6,8H2,(H2,18,19,20). The molecule has 0 spiro atoms. The third kappa shape index (κ3) is 4.40. The Balaban J connectivity index is 1.81. The van der Waals surface area contributed by atoms with E-state index in [0.717, 1.165) is 5.69 Å². The van der Waals surface area contributed by atoms with Crippen LogP contribution >= 0.6 is 23.2 Å². The molecular weight excluding hydrogens is 297 g/mol. The van der Waals surface area contributed by atoms with Crippen LogP contribution in [0.3, 0.4) is 0 Å². The van der Waals surface area contributed by atoms with E-state index in [1.165, 1.54) is 0 Å². The lowest BCUT2D eigenvalue weighted by Gasteiger charge is -2.09. The molecule has 0 aliphatic carbocycles. The van der Waals surface area contributed by atoms with Crippen LogP contribution in [0, 0.1) is 0 Å². The average molecular weight is 310 g/mol. The number of pyridine rings is 1. The highest BCUT2D eigenvalue weighted by molar-refractivity contribution is 6.36. The fraction of sp³-hybridized carbons (Fsp3) is 0.143. The fourth-order valence-corrected chi connectivity index (χ4v) is 2.06. The van der Waals surface area contributed by atoms with E-state index >= 15 is 0 Å². The van der Waals surface area contributed by atoms with Crippen LogP contribution in [0.1, 0.15) is 5.69 Å². The van der Waals surface area contributed by atoms with Crippen molar-refractivity contribution in [1.82, 2.24) is 10.3 Å². The minimum atomic E-state index is -0.315. The van der Waals surface area contributed by atoms with Crippen molar-refractivity contribution in [3.8, 4) is 0 Å². The number of carbonyl (C=O) groups excluding carboxylic acids is 1. The number of nitrogens with one attached hydrogen (secondary N) is 2. The van der Waals surface area contributed by atoms with Crippen LogP contribution < -0.4 is 10.6 Å². The summed E-state index contributed by atoms with van der Waals surface area (Å²) in [5.41, 5.74) is 1.45. The Kier molecular flexibility index (Phi) is 5.21. The van der Waals surface area contributed by atoms with Crippen molar-refractivity contribution in [2.24, 2.45) is 0 Å². The van der Waals surface area contributed by atoms with Crippen molar-refractivity contribution in [2.75, 3.05) is 11.9 Å². The summed E-state index contributed by atoms with van der Waals surface area (Å²) in [6.45, 7) is 0.494. The maximum Gasteiger partial charge on any atom is 0.319 e. The third-order valence-corrected chi connectivity index (χ3v) is 3.12. The summed E-state index contributed by atoms with van der Waals surface area (Å²) in [6.07, 6.45) is 2.39. The van der Waals surface area contributed by atoms with E-state index in [4.69, 9.17) is 23.2 Å². The summed E-state index contributed by atoms with van der Waals surface area (Å²) in [5.74, 6) is 0. The summed E-state index contributed by atoms with van der Waals surface area (Å²) < 4.78 is 0. The molecule has 0 aliphatic rings. The number of halogens is 2. The predicted molar refractivity (Wildman–Crippen MR) is 81.4 cm³/mol. The molecule has 0 atom stereocenters. The van der Waals surface area contributed by atoms with Gasteiger partial charge in [-0.1, -0.05) is 29.3 Å². The SMILES string of the molecule is O=C(NCCc1ccccn1)Nc1ccc(Cl)cc1Cl. The maximum atomic E-state index is 11.7. The van der Waals surface area contributed by atoms with Gasteiger partial charge < -0.3 is 10.6 Å². The molecular formula is C14H13Cl2N3O. The molecule has 0 radical (unpaired) electrons. The quantitative estimate of drug-likeness (QED) is 0.903. The van der Waals surface area contributed by atoms with Gasteiger partial charge in [0.15, 0.2) is 0 Å². The van der Waals surface area contributed by atoms with Gasteiger partial charge in [0, 0.05) is 29.9 Å². The van der Waals surface area contributed by atoms with E-state index in [0.29, 0.717) is 28.7 Å². The number of anilines is 1. The van der Waals surface area contributed by atoms with Crippen LogP contribution in [-0.2, 0) is 6.42 Å². The molecule has 20 heavy (non-hydrogen) atoms.